The van der Waals surface area contributed by atoms with Crippen LogP contribution < -0.4 is 11.1 Å². The van der Waals surface area contributed by atoms with Crippen LogP contribution in [0, 0.1) is 0 Å². The molecule has 0 unspecified atom stereocenters. The van der Waals surface area contributed by atoms with E-state index in [1.165, 1.54) is 18.2 Å². The average Bonchev–Trinajstić information content (AvgIpc) is 2.50. The van der Waals surface area contributed by atoms with Gasteiger partial charge in [0.05, 0.1) is 22.0 Å². The van der Waals surface area contributed by atoms with E-state index in [1.807, 2.05) is 6.92 Å². The van der Waals surface area contributed by atoms with Crippen LogP contribution in [0.15, 0.2) is 36.4 Å². The second-order valence-corrected chi connectivity index (χ2v) is 5.14. The van der Waals surface area contributed by atoms with Gasteiger partial charge in [0.25, 0.3) is 5.91 Å². The van der Waals surface area contributed by atoms with Crippen molar-refractivity contribution < 1.29 is 14.7 Å². The van der Waals surface area contributed by atoms with Crippen molar-refractivity contribution in [1.82, 2.24) is 0 Å². The zero-order valence-corrected chi connectivity index (χ0v) is 12.6. The molecule has 0 fully saturated rings. The second kappa shape index (κ2) is 6.49. The van der Waals surface area contributed by atoms with Crippen LogP contribution in [-0.2, 0) is 6.42 Å². The fourth-order valence-corrected chi connectivity index (χ4v) is 2.09. The lowest BCUT2D eigenvalue weighted by Gasteiger charge is -2.10. The number of anilines is 2. The van der Waals surface area contributed by atoms with Gasteiger partial charge in [-0.1, -0.05) is 24.6 Å². The molecule has 0 spiro atoms. The van der Waals surface area contributed by atoms with Crippen molar-refractivity contribution in [2.24, 2.45) is 0 Å². The second-order valence-electron chi connectivity index (χ2n) is 4.73. The molecule has 0 aliphatic rings. The molecule has 1 amide bonds. The summed E-state index contributed by atoms with van der Waals surface area (Å²) in [6.07, 6.45) is 0.711. The quantitative estimate of drug-likeness (QED) is 0.753. The van der Waals surface area contributed by atoms with Gasteiger partial charge >= 0.3 is 5.97 Å². The normalized spacial score (nSPS) is 10.3. The summed E-state index contributed by atoms with van der Waals surface area (Å²) in [5.41, 5.74) is 7.42. The summed E-state index contributed by atoms with van der Waals surface area (Å²) in [6.45, 7) is 1.93. The van der Waals surface area contributed by atoms with Crippen LogP contribution in [0.4, 0.5) is 11.4 Å². The molecule has 4 N–H and O–H groups in total. The molecule has 22 heavy (non-hydrogen) atoms. The molecule has 2 aromatic rings. The minimum absolute atomic E-state index is 0.0506. The number of carboxylic acid groups (broad SMARTS) is 1. The van der Waals surface area contributed by atoms with E-state index in [0.717, 1.165) is 5.56 Å². The number of aryl methyl sites for hydroxylation is 1. The maximum absolute atomic E-state index is 12.2. The highest BCUT2D eigenvalue weighted by atomic mass is 35.5. The number of carbonyl (C=O) groups is 2. The Kier molecular flexibility index (Phi) is 4.68. The number of hydrogen-bond donors (Lipinski definition) is 3. The Bertz CT molecular complexity index is 744. The van der Waals surface area contributed by atoms with Crippen molar-refractivity contribution in [1.29, 1.82) is 0 Å². The molecule has 0 radical (unpaired) electrons. The van der Waals surface area contributed by atoms with Crippen molar-refractivity contribution in [2.75, 3.05) is 11.1 Å². The molecule has 0 aliphatic carbocycles. The zero-order valence-electron chi connectivity index (χ0n) is 11.9. The van der Waals surface area contributed by atoms with Crippen LogP contribution in [0.5, 0.6) is 0 Å². The summed E-state index contributed by atoms with van der Waals surface area (Å²) in [4.78, 5) is 23.5. The van der Waals surface area contributed by atoms with Crippen LogP contribution in [0.25, 0.3) is 0 Å². The average molecular weight is 319 g/mol. The van der Waals surface area contributed by atoms with Gasteiger partial charge in [-0.15, -0.1) is 0 Å². The maximum atomic E-state index is 12.2. The number of nitrogens with one attached hydrogen (secondary N) is 1. The first kappa shape index (κ1) is 15.9. The zero-order chi connectivity index (χ0) is 16.3. The number of amides is 1. The summed E-state index contributed by atoms with van der Waals surface area (Å²) in [6, 6.07) is 9.39. The number of carboxylic acids is 1. The van der Waals surface area contributed by atoms with E-state index in [0.29, 0.717) is 17.0 Å². The molecular formula is C16H15ClN2O3. The molecule has 0 aromatic heterocycles. The summed E-state index contributed by atoms with van der Waals surface area (Å²) in [7, 11) is 0. The summed E-state index contributed by atoms with van der Waals surface area (Å²) in [5.74, 6) is -1.55. The summed E-state index contributed by atoms with van der Waals surface area (Å²) < 4.78 is 0. The predicted molar refractivity (Wildman–Crippen MR) is 86.6 cm³/mol. The summed E-state index contributed by atoms with van der Waals surface area (Å²) in [5, 5.41) is 12.2. The fourth-order valence-electron chi connectivity index (χ4n) is 1.98. The maximum Gasteiger partial charge on any atom is 0.337 e. The first-order valence-electron chi connectivity index (χ1n) is 6.65. The SMILES string of the molecule is CCc1ccc(NC(=O)c2ccc(Cl)c(N)c2)c(C(=O)O)c1. The Morgan fingerprint density at radius 3 is 2.55 bits per heavy atom. The van der Waals surface area contributed by atoms with E-state index >= 15 is 0 Å². The highest BCUT2D eigenvalue weighted by molar-refractivity contribution is 6.33. The topological polar surface area (TPSA) is 92.4 Å². The monoisotopic (exact) mass is 318 g/mol. The molecule has 0 saturated heterocycles. The van der Waals surface area contributed by atoms with Gasteiger partial charge in [0, 0.05) is 5.56 Å². The molecule has 0 saturated carbocycles. The van der Waals surface area contributed by atoms with Crippen LogP contribution in [-0.4, -0.2) is 17.0 Å². The highest BCUT2D eigenvalue weighted by Gasteiger charge is 2.14. The number of aromatic carboxylic acids is 1. The van der Waals surface area contributed by atoms with Crippen molar-refractivity contribution in [3.8, 4) is 0 Å². The van der Waals surface area contributed by atoms with Gasteiger partial charge in [-0.2, -0.15) is 0 Å². The van der Waals surface area contributed by atoms with Gasteiger partial charge in [-0.05, 0) is 42.3 Å². The van der Waals surface area contributed by atoms with Crippen LogP contribution in [0.2, 0.25) is 5.02 Å². The van der Waals surface area contributed by atoms with Crippen LogP contribution in [0.1, 0.15) is 33.2 Å². The van der Waals surface area contributed by atoms with Crippen molar-refractivity contribution in [3.63, 3.8) is 0 Å². The van der Waals surface area contributed by atoms with Crippen LogP contribution in [0.3, 0.4) is 0 Å². The van der Waals surface area contributed by atoms with E-state index in [4.69, 9.17) is 17.3 Å². The van der Waals surface area contributed by atoms with Gasteiger partial charge in [-0.25, -0.2) is 4.79 Å². The molecule has 0 aliphatic heterocycles. The van der Waals surface area contributed by atoms with E-state index in [-0.39, 0.29) is 16.9 Å². The number of rotatable bonds is 4. The first-order valence-corrected chi connectivity index (χ1v) is 7.02. The predicted octanol–water partition coefficient (Wildman–Crippen LogP) is 3.44. The highest BCUT2D eigenvalue weighted by Crippen LogP contribution is 2.22. The Morgan fingerprint density at radius 2 is 1.95 bits per heavy atom. The fraction of sp³-hybridized carbons (Fsp3) is 0.125. The van der Waals surface area contributed by atoms with Crippen molar-refractivity contribution in [2.45, 2.75) is 13.3 Å². The molecule has 2 rings (SSSR count). The summed E-state index contributed by atoms with van der Waals surface area (Å²) >= 11 is 5.81. The van der Waals surface area contributed by atoms with Crippen LogP contribution >= 0.6 is 11.6 Å². The van der Waals surface area contributed by atoms with E-state index < -0.39 is 11.9 Å². The van der Waals surface area contributed by atoms with Gasteiger partial charge in [0.2, 0.25) is 0 Å². The van der Waals surface area contributed by atoms with E-state index in [9.17, 15) is 14.7 Å². The van der Waals surface area contributed by atoms with Gasteiger partial charge in [0.15, 0.2) is 0 Å². The Hall–Kier alpha value is -2.53. The number of benzene rings is 2. The van der Waals surface area contributed by atoms with E-state index in [1.54, 1.807) is 18.2 Å². The Labute approximate surface area is 132 Å². The smallest absolute Gasteiger partial charge is 0.337 e. The minimum Gasteiger partial charge on any atom is -0.478 e. The molecule has 6 heteroatoms. The molecule has 2 aromatic carbocycles. The number of hydrogen-bond acceptors (Lipinski definition) is 3. The largest absolute Gasteiger partial charge is 0.478 e. The van der Waals surface area contributed by atoms with E-state index in [2.05, 4.69) is 5.32 Å². The molecule has 0 heterocycles. The molecule has 5 nitrogen and oxygen atoms in total. The molecule has 114 valence electrons. The number of carbonyl (C=O) groups excluding carboxylic acids is 1. The number of halogens is 1. The first-order chi connectivity index (χ1) is 10.4. The lowest BCUT2D eigenvalue weighted by atomic mass is 10.1. The third-order valence-corrected chi connectivity index (χ3v) is 3.57. The van der Waals surface area contributed by atoms with Gasteiger partial charge in [0.1, 0.15) is 0 Å². The molecular weight excluding hydrogens is 304 g/mol. The van der Waals surface area contributed by atoms with Gasteiger partial charge in [-0.3, -0.25) is 4.79 Å². The Morgan fingerprint density at radius 1 is 1.23 bits per heavy atom. The van der Waals surface area contributed by atoms with Crippen molar-refractivity contribution in [3.05, 3.63) is 58.1 Å². The molecule has 0 atom stereocenters. The van der Waals surface area contributed by atoms with Gasteiger partial charge < -0.3 is 16.2 Å². The molecule has 0 bridgehead atoms. The lowest BCUT2D eigenvalue weighted by Crippen LogP contribution is -2.15. The Balaban J connectivity index is 2.31. The third kappa shape index (κ3) is 3.38. The third-order valence-electron chi connectivity index (χ3n) is 3.23. The number of nitrogen functional groups attached to an aromatic ring is 1. The van der Waals surface area contributed by atoms with Crippen molar-refractivity contribution >= 4 is 34.9 Å². The standard InChI is InChI=1S/C16H15ClN2O3/c1-2-9-3-6-14(11(7-9)16(21)22)19-15(20)10-4-5-12(17)13(18)8-10/h3-8H,2,18H2,1H3,(H,19,20)(H,21,22). The minimum atomic E-state index is -1.10. The number of nitrogens with two attached hydrogens (primary N) is 1. The lowest BCUT2D eigenvalue weighted by molar-refractivity contribution is 0.0698.